The van der Waals surface area contributed by atoms with Crippen LogP contribution in [0.3, 0.4) is 0 Å². The van der Waals surface area contributed by atoms with Crippen molar-refractivity contribution in [1.82, 2.24) is 0 Å². The SMILES string of the molecule is CC(C)(C)[Si]1(C(C)(C)C)CC=C2CCCC[C@H]2[C@@H](c2ccccc2)O1. The van der Waals surface area contributed by atoms with Gasteiger partial charge in [-0.1, -0.05) is 89.9 Å². The van der Waals surface area contributed by atoms with E-state index >= 15 is 0 Å². The Labute approximate surface area is 156 Å². The van der Waals surface area contributed by atoms with Gasteiger partial charge in [-0.3, -0.25) is 0 Å². The predicted octanol–water partition coefficient (Wildman–Crippen LogP) is 7.42. The largest absolute Gasteiger partial charge is 0.408 e. The average Bonchev–Trinajstić information content (AvgIpc) is 2.73. The molecule has 0 radical (unpaired) electrons. The van der Waals surface area contributed by atoms with Crippen LogP contribution in [0.4, 0.5) is 0 Å². The molecule has 0 aromatic heterocycles. The summed E-state index contributed by atoms with van der Waals surface area (Å²) in [5.74, 6) is 0.579. The van der Waals surface area contributed by atoms with Crippen molar-refractivity contribution >= 4 is 8.32 Å². The lowest BCUT2D eigenvalue weighted by molar-refractivity contribution is 0.112. The monoisotopic (exact) mass is 356 g/mol. The van der Waals surface area contributed by atoms with Gasteiger partial charge in [0.25, 0.3) is 0 Å². The molecule has 2 atom stereocenters. The summed E-state index contributed by atoms with van der Waals surface area (Å²) < 4.78 is 7.37. The van der Waals surface area contributed by atoms with E-state index in [2.05, 4.69) is 78.0 Å². The zero-order valence-electron chi connectivity index (χ0n) is 17.1. The third-order valence-corrected chi connectivity index (χ3v) is 12.9. The molecule has 1 aromatic carbocycles. The van der Waals surface area contributed by atoms with E-state index < -0.39 is 8.32 Å². The van der Waals surface area contributed by atoms with Crippen molar-refractivity contribution in [3.05, 3.63) is 47.5 Å². The quantitative estimate of drug-likeness (QED) is 0.376. The van der Waals surface area contributed by atoms with Gasteiger partial charge in [0.15, 0.2) is 0 Å². The van der Waals surface area contributed by atoms with Crippen molar-refractivity contribution < 1.29 is 4.43 Å². The summed E-state index contributed by atoms with van der Waals surface area (Å²) in [7, 11) is -2.05. The molecular formula is C23H36OSi. The van der Waals surface area contributed by atoms with Crippen molar-refractivity contribution in [2.45, 2.75) is 89.5 Å². The Hall–Kier alpha value is -0.863. The molecule has 3 rings (SSSR count). The van der Waals surface area contributed by atoms with Crippen molar-refractivity contribution in [3.63, 3.8) is 0 Å². The van der Waals surface area contributed by atoms with Gasteiger partial charge in [-0.05, 0) is 40.9 Å². The van der Waals surface area contributed by atoms with Gasteiger partial charge in [0.2, 0.25) is 8.32 Å². The number of benzene rings is 1. The molecule has 1 aliphatic heterocycles. The fourth-order valence-electron chi connectivity index (χ4n) is 5.32. The molecule has 1 fully saturated rings. The highest BCUT2D eigenvalue weighted by atomic mass is 28.4. The first-order chi connectivity index (χ1) is 11.7. The highest BCUT2D eigenvalue weighted by molar-refractivity contribution is 6.79. The summed E-state index contributed by atoms with van der Waals surface area (Å²) in [6.45, 7) is 14.5. The van der Waals surface area contributed by atoms with Crippen molar-refractivity contribution in [2.75, 3.05) is 0 Å². The van der Waals surface area contributed by atoms with Crippen LogP contribution in [0.25, 0.3) is 0 Å². The number of rotatable bonds is 1. The third kappa shape index (κ3) is 3.40. The minimum atomic E-state index is -2.05. The van der Waals surface area contributed by atoms with Gasteiger partial charge in [0, 0.05) is 5.92 Å². The van der Waals surface area contributed by atoms with Crippen LogP contribution in [-0.2, 0) is 4.43 Å². The molecule has 0 bridgehead atoms. The second-order valence-corrected chi connectivity index (χ2v) is 15.4. The Bertz CT molecular complexity index is 604. The molecule has 1 nitrogen and oxygen atoms in total. The van der Waals surface area contributed by atoms with Gasteiger partial charge in [0.1, 0.15) is 0 Å². The molecule has 1 aromatic rings. The van der Waals surface area contributed by atoms with Crippen LogP contribution in [0.2, 0.25) is 16.1 Å². The first-order valence-electron chi connectivity index (χ1n) is 10.1. The maximum atomic E-state index is 7.37. The topological polar surface area (TPSA) is 9.23 Å². The van der Waals surface area contributed by atoms with E-state index in [0.717, 1.165) is 6.04 Å². The number of allylic oxidation sites excluding steroid dienone is 1. The molecule has 0 spiro atoms. The molecule has 138 valence electrons. The Morgan fingerprint density at radius 1 is 0.920 bits per heavy atom. The van der Waals surface area contributed by atoms with E-state index in [-0.39, 0.29) is 16.2 Å². The lowest BCUT2D eigenvalue weighted by atomic mass is 9.78. The maximum absolute atomic E-state index is 7.37. The maximum Gasteiger partial charge on any atom is 0.207 e. The summed E-state index contributed by atoms with van der Waals surface area (Å²) >= 11 is 0. The fourth-order valence-corrected chi connectivity index (χ4v) is 10.9. The number of hydrogen-bond acceptors (Lipinski definition) is 1. The number of hydrogen-bond donors (Lipinski definition) is 0. The van der Waals surface area contributed by atoms with Gasteiger partial charge >= 0.3 is 0 Å². The van der Waals surface area contributed by atoms with Crippen LogP contribution < -0.4 is 0 Å². The van der Waals surface area contributed by atoms with Crippen LogP contribution in [0.15, 0.2) is 42.0 Å². The minimum Gasteiger partial charge on any atom is -0.408 e. The highest BCUT2D eigenvalue weighted by Crippen LogP contribution is 2.59. The summed E-state index contributed by atoms with van der Waals surface area (Å²) in [6.07, 6.45) is 8.11. The van der Waals surface area contributed by atoms with Gasteiger partial charge < -0.3 is 4.43 Å². The average molecular weight is 357 g/mol. The lowest BCUT2D eigenvalue weighted by Gasteiger charge is -2.52. The smallest absolute Gasteiger partial charge is 0.207 e. The van der Waals surface area contributed by atoms with Gasteiger partial charge in [-0.15, -0.1) is 0 Å². The standard InChI is InChI=1S/C23H36OSi/c1-22(2,3)25(23(4,5)6)17-16-18-12-10-11-15-20(18)21(24-25)19-13-8-7-9-14-19/h7-9,13-14,16,20-21H,10-12,15,17H2,1-6H3/t20-,21-/m1/s1. The van der Waals surface area contributed by atoms with Crippen molar-refractivity contribution in [2.24, 2.45) is 5.92 Å². The van der Waals surface area contributed by atoms with Crippen LogP contribution >= 0.6 is 0 Å². The molecule has 2 heteroatoms. The van der Waals surface area contributed by atoms with Crippen LogP contribution in [0.1, 0.15) is 78.9 Å². The van der Waals surface area contributed by atoms with Crippen molar-refractivity contribution in [3.8, 4) is 0 Å². The van der Waals surface area contributed by atoms with Crippen LogP contribution in [-0.4, -0.2) is 8.32 Å². The second-order valence-electron chi connectivity index (χ2n) is 10.1. The lowest BCUT2D eigenvalue weighted by Crippen LogP contribution is -2.54. The minimum absolute atomic E-state index is 0.211. The van der Waals surface area contributed by atoms with E-state index in [1.54, 1.807) is 5.57 Å². The summed E-state index contributed by atoms with van der Waals surface area (Å²) in [5.41, 5.74) is 3.07. The summed E-state index contributed by atoms with van der Waals surface area (Å²) in [6, 6.07) is 12.2. The second kappa shape index (κ2) is 6.70. The molecule has 1 heterocycles. The van der Waals surface area contributed by atoms with Crippen LogP contribution in [0.5, 0.6) is 0 Å². The first kappa shape index (κ1) is 18.9. The summed E-state index contributed by atoms with van der Waals surface area (Å²) in [5, 5.41) is 0.422. The molecule has 0 N–H and O–H groups in total. The van der Waals surface area contributed by atoms with Gasteiger partial charge in [-0.2, -0.15) is 0 Å². The molecular weight excluding hydrogens is 320 g/mol. The van der Waals surface area contributed by atoms with Crippen LogP contribution in [0, 0.1) is 5.92 Å². The first-order valence-corrected chi connectivity index (χ1v) is 12.2. The molecule has 0 unspecified atom stereocenters. The van der Waals surface area contributed by atoms with E-state index in [4.69, 9.17) is 4.43 Å². The molecule has 1 saturated carbocycles. The Morgan fingerprint density at radius 3 is 2.16 bits per heavy atom. The van der Waals surface area contributed by atoms with E-state index in [1.807, 2.05) is 0 Å². The van der Waals surface area contributed by atoms with Gasteiger partial charge in [-0.25, -0.2) is 0 Å². The molecule has 0 saturated heterocycles. The molecule has 2 aliphatic rings. The summed E-state index contributed by atoms with van der Waals surface area (Å²) in [4.78, 5) is 0. The highest BCUT2D eigenvalue weighted by Gasteiger charge is 2.57. The van der Waals surface area contributed by atoms with E-state index in [0.29, 0.717) is 5.92 Å². The zero-order chi connectivity index (χ0) is 18.3. The number of fused-ring (bicyclic) bond motifs is 1. The Balaban J connectivity index is 2.13. The normalized spacial score (nSPS) is 27.2. The molecule has 25 heavy (non-hydrogen) atoms. The molecule has 0 amide bonds. The van der Waals surface area contributed by atoms with E-state index in [1.165, 1.54) is 31.2 Å². The van der Waals surface area contributed by atoms with Gasteiger partial charge in [0.05, 0.1) is 6.10 Å². The zero-order valence-corrected chi connectivity index (χ0v) is 18.1. The third-order valence-electron chi connectivity index (χ3n) is 6.60. The Kier molecular flexibility index (Phi) is 5.07. The fraction of sp³-hybridized carbons (Fsp3) is 0.652. The molecule has 1 aliphatic carbocycles. The predicted molar refractivity (Wildman–Crippen MR) is 110 cm³/mol. The Morgan fingerprint density at radius 2 is 1.56 bits per heavy atom. The van der Waals surface area contributed by atoms with Crippen molar-refractivity contribution in [1.29, 1.82) is 0 Å². The van der Waals surface area contributed by atoms with E-state index in [9.17, 15) is 0 Å².